The average molecular weight is 322 g/mol. The number of furan rings is 1. The third kappa shape index (κ3) is 2.82. The van der Waals surface area contributed by atoms with Gasteiger partial charge in [0.25, 0.3) is 5.91 Å². The molecule has 3 aromatic rings. The number of rotatable bonds is 4. The Morgan fingerprint density at radius 3 is 3.00 bits per heavy atom. The van der Waals surface area contributed by atoms with E-state index in [9.17, 15) is 4.79 Å². The van der Waals surface area contributed by atoms with Gasteiger partial charge in [0.1, 0.15) is 5.76 Å². The zero-order valence-corrected chi connectivity index (χ0v) is 13.2. The number of amides is 1. The summed E-state index contributed by atoms with van der Waals surface area (Å²) >= 11 is 0. The van der Waals surface area contributed by atoms with Crippen LogP contribution in [0.2, 0.25) is 0 Å². The van der Waals surface area contributed by atoms with Crippen LogP contribution in [-0.2, 0) is 6.54 Å². The Morgan fingerprint density at radius 2 is 2.21 bits per heavy atom. The van der Waals surface area contributed by atoms with Crippen molar-refractivity contribution in [3.63, 3.8) is 0 Å². The summed E-state index contributed by atoms with van der Waals surface area (Å²) in [6.07, 6.45) is 8.99. The molecule has 4 heterocycles. The lowest BCUT2D eigenvalue weighted by Crippen LogP contribution is -2.30. The SMILES string of the molecule is O=C(c1ccc(Cn2ccnc2)o1)N1CCC[C@H]1c1ccccn1. The molecule has 122 valence electrons. The first-order valence-electron chi connectivity index (χ1n) is 8.07. The molecule has 0 bridgehead atoms. The highest BCUT2D eigenvalue weighted by Crippen LogP contribution is 2.32. The highest BCUT2D eigenvalue weighted by Gasteiger charge is 2.32. The molecule has 0 saturated carbocycles. The van der Waals surface area contributed by atoms with Crippen molar-refractivity contribution in [1.29, 1.82) is 0 Å². The highest BCUT2D eigenvalue weighted by atomic mass is 16.4. The van der Waals surface area contributed by atoms with E-state index in [1.807, 2.05) is 39.9 Å². The Bertz CT molecular complexity index is 811. The van der Waals surface area contributed by atoms with Crippen LogP contribution >= 0.6 is 0 Å². The number of carbonyl (C=O) groups excluding carboxylic acids is 1. The van der Waals surface area contributed by atoms with E-state index in [2.05, 4.69) is 9.97 Å². The van der Waals surface area contributed by atoms with Crippen molar-refractivity contribution in [3.8, 4) is 0 Å². The van der Waals surface area contributed by atoms with Crippen LogP contribution in [0.1, 0.15) is 40.9 Å². The van der Waals surface area contributed by atoms with Gasteiger partial charge in [-0.05, 0) is 37.1 Å². The molecule has 0 spiro atoms. The standard InChI is InChI=1S/C18H18N4O2/c23-18(17-7-6-14(24-17)12-21-11-9-19-13-21)22-10-3-5-16(22)15-4-1-2-8-20-15/h1-2,4,6-9,11,13,16H,3,5,10,12H2/t16-/m0/s1. The smallest absolute Gasteiger partial charge is 0.290 e. The number of hydrogen-bond donors (Lipinski definition) is 0. The van der Waals surface area contributed by atoms with Gasteiger partial charge in [-0.1, -0.05) is 6.07 Å². The van der Waals surface area contributed by atoms with Crippen LogP contribution in [0.4, 0.5) is 0 Å². The van der Waals surface area contributed by atoms with Gasteiger partial charge in [-0.25, -0.2) is 4.98 Å². The number of likely N-dealkylation sites (tertiary alicyclic amines) is 1. The van der Waals surface area contributed by atoms with Gasteiger partial charge in [-0.15, -0.1) is 0 Å². The van der Waals surface area contributed by atoms with Crippen molar-refractivity contribution < 1.29 is 9.21 Å². The minimum Gasteiger partial charge on any atom is -0.454 e. The molecule has 0 radical (unpaired) electrons. The number of hydrogen-bond acceptors (Lipinski definition) is 4. The third-order valence-corrected chi connectivity index (χ3v) is 4.31. The topological polar surface area (TPSA) is 64.2 Å². The second-order valence-electron chi connectivity index (χ2n) is 5.91. The summed E-state index contributed by atoms with van der Waals surface area (Å²) in [4.78, 5) is 23.1. The molecule has 1 aliphatic heterocycles. The first kappa shape index (κ1) is 14.7. The third-order valence-electron chi connectivity index (χ3n) is 4.31. The molecule has 0 aromatic carbocycles. The Kier molecular flexibility index (Phi) is 3.86. The lowest BCUT2D eigenvalue weighted by atomic mass is 10.1. The lowest BCUT2D eigenvalue weighted by molar-refractivity contribution is 0.0698. The molecule has 1 atom stereocenters. The van der Waals surface area contributed by atoms with Gasteiger partial charge in [0.05, 0.1) is 24.6 Å². The summed E-state index contributed by atoms with van der Waals surface area (Å²) in [5, 5.41) is 0. The molecule has 24 heavy (non-hydrogen) atoms. The number of pyridine rings is 1. The summed E-state index contributed by atoms with van der Waals surface area (Å²) in [5.74, 6) is 1.05. The van der Waals surface area contributed by atoms with Crippen molar-refractivity contribution >= 4 is 5.91 Å². The van der Waals surface area contributed by atoms with E-state index in [0.717, 1.165) is 30.8 Å². The maximum absolute atomic E-state index is 12.8. The Morgan fingerprint density at radius 1 is 1.25 bits per heavy atom. The largest absolute Gasteiger partial charge is 0.454 e. The molecular formula is C18H18N4O2. The van der Waals surface area contributed by atoms with Crippen molar-refractivity contribution in [2.45, 2.75) is 25.4 Å². The number of imidazole rings is 1. The predicted octanol–water partition coefficient (Wildman–Crippen LogP) is 2.90. The van der Waals surface area contributed by atoms with E-state index in [-0.39, 0.29) is 11.9 Å². The summed E-state index contributed by atoms with van der Waals surface area (Å²) in [6, 6.07) is 9.45. The fraction of sp³-hybridized carbons (Fsp3) is 0.278. The molecule has 1 fully saturated rings. The second-order valence-corrected chi connectivity index (χ2v) is 5.91. The van der Waals surface area contributed by atoms with E-state index in [4.69, 9.17) is 4.42 Å². The minimum atomic E-state index is -0.0694. The van der Waals surface area contributed by atoms with Crippen LogP contribution in [0.3, 0.4) is 0 Å². The number of aromatic nitrogens is 3. The zero-order valence-electron chi connectivity index (χ0n) is 13.2. The first-order chi connectivity index (χ1) is 11.8. The second kappa shape index (κ2) is 6.31. The van der Waals surface area contributed by atoms with Crippen LogP contribution in [0, 0.1) is 0 Å². The van der Waals surface area contributed by atoms with E-state index < -0.39 is 0 Å². The van der Waals surface area contributed by atoms with Crippen LogP contribution in [0.25, 0.3) is 0 Å². The van der Waals surface area contributed by atoms with Gasteiger partial charge >= 0.3 is 0 Å². The lowest BCUT2D eigenvalue weighted by Gasteiger charge is -2.23. The van der Waals surface area contributed by atoms with E-state index in [1.165, 1.54) is 0 Å². The van der Waals surface area contributed by atoms with Gasteiger partial charge in [0.15, 0.2) is 5.76 Å². The summed E-state index contributed by atoms with van der Waals surface area (Å²) < 4.78 is 7.66. The molecule has 1 amide bonds. The maximum Gasteiger partial charge on any atom is 0.290 e. The van der Waals surface area contributed by atoms with Gasteiger partial charge < -0.3 is 13.9 Å². The molecule has 1 aliphatic rings. The van der Waals surface area contributed by atoms with E-state index in [1.54, 1.807) is 24.8 Å². The number of nitrogens with zero attached hydrogens (tertiary/aromatic N) is 4. The summed E-state index contributed by atoms with van der Waals surface area (Å²) in [5.41, 5.74) is 0.938. The summed E-state index contributed by atoms with van der Waals surface area (Å²) in [7, 11) is 0. The molecule has 6 heteroatoms. The molecule has 6 nitrogen and oxygen atoms in total. The van der Waals surface area contributed by atoms with Crippen molar-refractivity contribution in [3.05, 3.63) is 72.5 Å². The van der Waals surface area contributed by atoms with Crippen molar-refractivity contribution in [2.75, 3.05) is 6.54 Å². The monoisotopic (exact) mass is 322 g/mol. The molecule has 4 rings (SSSR count). The van der Waals surface area contributed by atoms with Crippen LogP contribution in [-0.4, -0.2) is 31.9 Å². The Hall–Kier alpha value is -2.89. The molecule has 1 saturated heterocycles. The molecule has 0 N–H and O–H groups in total. The van der Waals surface area contributed by atoms with E-state index >= 15 is 0 Å². The molecule has 0 aliphatic carbocycles. The minimum absolute atomic E-state index is 0.0286. The van der Waals surface area contributed by atoms with Crippen molar-refractivity contribution in [2.24, 2.45) is 0 Å². The first-order valence-corrected chi connectivity index (χ1v) is 8.07. The number of carbonyl (C=O) groups is 1. The van der Waals surface area contributed by atoms with Gasteiger partial charge in [0.2, 0.25) is 0 Å². The molecule has 0 unspecified atom stereocenters. The predicted molar refractivity (Wildman–Crippen MR) is 87.3 cm³/mol. The van der Waals surface area contributed by atoms with Gasteiger partial charge in [-0.3, -0.25) is 9.78 Å². The quantitative estimate of drug-likeness (QED) is 0.741. The average Bonchev–Trinajstić information content (AvgIpc) is 3.37. The Balaban J connectivity index is 1.52. The fourth-order valence-electron chi connectivity index (χ4n) is 3.17. The fourth-order valence-corrected chi connectivity index (χ4v) is 3.17. The van der Waals surface area contributed by atoms with Crippen LogP contribution < -0.4 is 0 Å². The van der Waals surface area contributed by atoms with Crippen molar-refractivity contribution in [1.82, 2.24) is 19.4 Å². The normalized spacial score (nSPS) is 17.3. The van der Waals surface area contributed by atoms with Crippen LogP contribution in [0.15, 0.2) is 59.7 Å². The highest BCUT2D eigenvalue weighted by molar-refractivity contribution is 5.92. The molecular weight excluding hydrogens is 304 g/mol. The summed E-state index contributed by atoms with van der Waals surface area (Å²) in [6.45, 7) is 1.30. The van der Waals surface area contributed by atoms with Crippen LogP contribution in [0.5, 0.6) is 0 Å². The molecule has 3 aromatic heterocycles. The van der Waals surface area contributed by atoms with E-state index in [0.29, 0.717) is 12.3 Å². The Labute approximate surface area is 139 Å². The zero-order chi connectivity index (χ0) is 16.4. The van der Waals surface area contributed by atoms with Gasteiger partial charge in [-0.2, -0.15) is 0 Å². The van der Waals surface area contributed by atoms with Gasteiger partial charge in [0, 0.05) is 25.1 Å². The maximum atomic E-state index is 12.8.